The molecule has 0 saturated heterocycles. The van der Waals surface area contributed by atoms with Gasteiger partial charge < -0.3 is 4.74 Å². The van der Waals surface area contributed by atoms with Gasteiger partial charge in [-0.1, -0.05) is 19.4 Å². The third-order valence-corrected chi connectivity index (χ3v) is 3.19. The van der Waals surface area contributed by atoms with Crippen LogP contribution in [0.5, 0.6) is 5.75 Å². The van der Waals surface area contributed by atoms with Crippen molar-refractivity contribution in [2.75, 3.05) is 7.11 Å². The predicted octanol–water partition coefficient (Wildman–Crippen LogP) is 2.63. The molecule has 16 heavy (non-hydrogen) atoms. The van der Waals surface area contributed by atoms with Gasteiger partial charge in [0.05, 0.1) is 11.6 Å². The Labute approximate surface area is 105 Å². The zero-order valence-corrected chi connectivity index (χ0v) is 11.4. The summed E-state index contributed by atoms with van der Waals surface area (Å²) in [6.45, 7) is 2.16. The number of hydrogen-bond donors (Lipinski definition) is 2. The van der Waals surface area contributed by atoms with Gasteiger partial charge in [-0.05, 0) is 46.5 Å². The number of nitrogens with two attached hydrogens (primary N) is 1. The van der Waals surface area contributed by atoms with Gasteiger partial charge in [0.25, 0.3) is 0 Å². The summed E-state index contributed by atoms with van der Waals surface area (Å²) in [4.78, 5) is 0. The average molecular weight is 287 g/mol. The first-order valence-corrected chi connectivity index (χ1v) is 6.29. The summed E-state index contributed by atoms with van der Waals surface area (Å²) in [5, 5.41) is 0. The first-order valence-electron chi connectivity index (χ1n) is 5.49. The molecule has 1 rings (SSSR count). The second kappa shape index (κ2) is 6.89. The van der Waals surface area contributed by atoms with E-state index in [1.54, 1.807) is 7.11 Å². The Kier molecular flexibility index (Phi) is 5.80. The van der Waals surface area contributed by atoms with E-state index in [1.807, 2.05) is 6.07 Å². The molecule has 4 heteroatoms. The largest absolute Gasteiger partial charge is 0.496 e. The normalized spacial score (nSPS) is 12.5. The van der Waals surface area contributed by atoms with Crippen molar-refractivity contribution in [3.63, 3.8) is 0 Å². The Bertz CT molecular complexity index is 331. The minimum absolute atomic E-state index is 0.338. The van der Waals surface area contributed by atoms with E-state index in [4.69, 9.17) is 10.6 Å². The van der Waals surface area contributed by atoms with Gasteiger partial charge in [0.1, 0.15) is 5.75 Å². The van der Waals surface area contributed by atoms with E-state index >= 15 is 0 Å². The smallest absolute Gasteiger partial charge is 0.133 e. The van der Waals surface area contributed by atoms with Crippen molar-refractivity contribution in [3.8, 4) is 5.75 Å². The molecular formula is C12H19BrN2O. The van der Waals surface area contributed by atoms with Crippen LogP contribution in [0.2, 0.25) is 0 Å². The van der Waals surface area contributed by atoms with Crippen LogP contribution in [0, 0.1) is 0 Å². The number of ether oxygens (including phenoxy) is 1. The van der Waals surface area contributed by atoms with Gasteiger partial charge in [-0.15, -0.1) is 0 Å². The molecule has 1 aromatic carbocycles. The summed E-state index contributed by atoms with van der Waals surface area (Å²) < 4.78 is 6.18. The zero-order chi connectivity index (χ0) is 12.0. The summed E-state index contributed by atoms with van der Waals surface area (Å²) in [6, 6.07) is 6.46. The van der Waals surface area contributed by atoms with Crippen molar-refractivity contribution in [3.05, 3.63) is 28.2 Å². The zero-order valence-electron chi connectivity index (χ0n) is 9.79. The molecule has 0 amide bonds. The first kappa shape index (κ1) is 13.5. The highest BCUT2D eigenvalue weighted by molar-refractivity contribution is 9.10. The number of rotatable bonds is 6. The maximum absolute atomic E-state index is 5.51. The van der Waals surface area contributed by atoms with Crippen molar-refractivity contribution in [1.82, 2.24) is 5.43 Å². The molecule has 1 atom stereocenters. The fourth-order valence-electron chi connectivity index (χ4n) is 1.71. The molecule has 1 aromatic rings. The maximum atomic E-state index is 5.51. The number of hydrogen-bond acceptors (Lipinski definition) is 3. The van der Waals surface area contributed by atoms with Crippen LogP contribution in [-0.4, -0.2) is 13.2 Å². The van der Waals surface area contributed by atoms with E-state index in [9.17, 15) is 0 Å². The monoisotopic (exact) mass is 286 g/mol. The quantitative estimate of drug-likeness (QED) is 0.624. The van der Waals surface area contributed by atoms with Gasteiger partial charge in [-0.25, -0.2) is 0 Å². The van der Waals surface area contributed by atoms with E-state index in [0.717, 1.165) is 29.5 Å². The number of hydrazine groups is 1. The molecule has 0 saturated carbocycles. The summed E-state index contributed by atoms with van der Waals surface area (Å²) in [5.74, 6) is 6.37. The van der Waals surface area contributed by atoms with Gasteiger partial charge in [-0.2, -0.15) is 0 Å². The Balaban J connectivity index is 2.69. The lowest BCUT2D eigenvalue weighted by Gasteiger charge is -2.15. The van der Waals surface area contributed by atoms with Crippen LogP contribution in [0.1, 0.15) is 25.3 Å². The van der Waals surface area contributed by atoms with Crippen LogP contribution in [-0.2, 0) is 6.42 Å². The lowest BCUT2D eigenvalue weighted by molar-refractivity contribution is 0.411. The lowest BCUT2D eigenvalue weighted by Crippen LogP contribution is -2.36. The molecule has 0 aliphatic rings. The molecule has 0 aliphatic heterocycles. The molecule has 0 spiro atoms. The van der Waals surface area contributed by atoms with Gasteiger partial charge in [-0.3, -0.25) is 11.3 Å². The van der Waals surface area contributed by atoms with E-state index in [2.05, 4.69) is 40.4 Å². The fourth-order valence-corrected chi connectivity index (χ4v) is 2.30. The highest BCUT2D eigenvalue weighted by Gasteiger charge is 2.08. The van der Waals surface area contributed by atoms with Gasteiger partial charge >= 0.3 is 0 Å². The predicted molar refractivity (Wildman–Crippen MR) is 70.4 cm³/mol. The average Bonchev–Trinajstić information content (AvgIpc) is 2.28. The summed E-state index contributed by atoms with van der Waals surface area (Å²) in [7, 11) is 1.67. The van der Waals surface area contributed by atoms with Crippen molar-refractivity contribution < 1.29 is 4.74 Å². The number of methoxy groups -OCH3 is 1. The van der Waals surface area contributed by atoms with Crippen LogP contribution >= 0.6 is 15.9 Å². The standard InChI is InChI=1S/C12H19BrN2O/c1-3-4-10(15-14)7-9-5-6-12(16-2)11(13)8-9/h5-6,8,10,15H,3-4,7,14H2,1-2H3. The number of benzene rings is 1. The number of nitrogens with one attached hydrogen (secondary N) is 1. The molecule has 0 bridgehead atoms. The molecule has 0 heterocycles. The molecule has 3 N–H and O–H groups in total. The minimum Gasteiger partial charge on any atom is -0.496 e. The highest BCUT2D eigenvalue weighted by atomic mass is 79.9. The van der Waals surface area contributed by atoms with Crippen LogP contribution in [0.4, 0.5) is 0 Å². The Morgan fingerprint density at radius 1 is 1.50 bits per heavy atom. The maximum Gasteiger partial charge on any atom is 0.133 e. The van der Waals surface area contributed by atoms with Crippen LogP contribution in [0.25, 0.3) is 0 Å². The Morgan fingerprint density at radius 2 is 2.25 bits per heavy atom. The first-order chi connectivity index (χ1) is 7.71. The molecule has 90 valence electrons. The number of halogens is 1. The van der Waals surface area contributed by atoms with Gasteiger partial charge in [0.15, 0.2) is 0 Å². The second-order valence-corrected chi connectivity index (χ2v) is 4.68. The van der Waals surface area contributed by atoms with Gasteiger partial charge in [0, 0.05) is 6.04 Å². The third kappa shape index (κ3) is 3.77. The molecular weight excluding hydrogens is 268 g/mol. The molecule has 3 nitrogen and oxygen atoms in total. The molecule has 0 fully saturated rings. The van der Waals surface area contributed by atoms with E-state index in [0.29, 0.717) is 6.04 Å². The SMILES string of the molecule is CCCC(Cc1ccc(OC)c(Br)c1)NN. The summed E-state index contributed by atoms with van der Waals surface area (Å²) in [5.41, 5.74) is 4.11. The Morgan fingerprint density at radius 3 is 2.75 bits per heavy atom. The van der Waals surface area contributed by atoms with E-state index < -0.39 is 0 Å². The van der Waals surface area contributed by atoms with Crippen LogP contribution in [0.3, 0.4) is 0 Å². The van der Waals surface area contributed by atoms with Crippen LogP contribution in [0.15, 0.2) is 22.7 Å². The highest BCUT2D eigenvalue weighted by Crippen LogP contribution is 2.26. The van der Waals surface area contributed by atoms with E-state index in [1.165, 1.54) is 5.56 Å². The lowest BCUT2D eigenvalue weighted by atomic mass is 10.0. The summed E-state index contributed by atoms with van der Waals surface area (Å²) in [6.07, 6.45) is 3.15. The molecule has 0 aliphatic carbocycles. The van der Waals surface area contributed by atoms with Crippen LogP contribution < -0.4 is 16.0 Å². The van der Waals surface area contributed by atoms with Crippen molar-refractivity contribution in [2.45, 2.75) is 32.2 Å². The third-order valence-electron chi connectivity index (χ3n) is 2.57. The van der Waals surface area contributed by atoms with Crippen molar-refractivity contribution in [2.24, 2.45) is 5.84 Å². The fraction of sp³-hybridized carbons (Fsp3) is 0.500. The second-order valence-electron chi connectivity index (χ2n) is 3.83. The minimum atomic E-state index is 0.338. The Hall–Kier alpha value is -0.580. The van der Waals surface area contributed by atoms with E-state index in [-0.39, 0.29) is 0 Å². The molecule has 0 radical (unpaired) electrons. The van der Waals surface area contributed by atoms with Crippen molar-refractivity contribution >= 4 is 15.9 Å². The molecule has 1 unspecified atom stereocenters. The van der Waals surface area contributed by atoms with Gasteiger partial charge in [0.2, 0.25) is 0 Å². The molecule has 0 aromatic heterocycles. The summed E-state index contributed by atoms with van der Waals surface area (Å²) >= 11 is 3.48. The topological polar surface area (TPSA) is 47.3 Å². The van der Waals surface area contributed by atoms with Crippen molar-refractivity contribution in [1.29, 1.82) is 0 Å².